The summed E-state index contributed by atoms with van der Waals surface area (Å²) in [5, 5.41) is 8.35. The molecule has 0 amide bonds. The summed E-state index contributed by atoms with van der Waals surface area (Å²) in [6.45, 7) is 1.12. The summed E-state index contributed by atoms with van der Waals surface area (Å²) >= 11 is 0. The third kappa shape index (κ3) is 1.19. The fraction of sp³-hybridized carbons (Fsp3) is 0.833. The lowest BCUT2D eigenvalue weighted by molar-refractivity contribution is -0.167. The quantitative estimate of drug-likeness (QED) is 0.646. The second-order valence-electron chi connectivity index (χ2n) is 3.02. The normalized spacial score (nSPS) is 36.9. The van der Waals surface area contributed by atoms with E-state index in [2.05, 4.69) is 0 Å². The Hall–Kier alpha value is -0.740. The number of aliphatic carboxylic acids is 1. The summed E-state index contributed by atoms with van der Waals surface area (Å²) in [5.41, 5.74) is -1.56. The Morgan fingerprint density at radius 1 is 1.64 bits per heavy atom. The summed E-state index contributed by atoms with van der Waals surface area (Å²) < 4.78 is 35.5. The van der Waals surface area contributed by atoms with Gasteiger partial charge in [-0.3, -0.25) is 4.79 Å². The molecule has 0 heterocycles. The first-order chi connectivity index (χ1) is 4.78. The number of hydrogen-bond donors (Lipinski definition) is 1. The van der Waals surface area contributed by atoms with Gasteiger partial charge in [0.05, 0.1) is 11.3 Å². The molecule has 0 aromatic heterocycles. The number of carbonyl (C=O) groups is 1. The van der Waals surface area contributed by atoms with Gasteiger partial charge in [0.2, 0.25) is 0 Å². The summed E-state index contributed by atoms with van der Waals surface area (Å²) in [6, 6.07) is 0. The molecule has 0 saturated heterocycles. The number of alkyl halides is 3. The molecule has 0 spiro atoms. The molecule has 0 radical (unpaired) electrons. The molecular weight excluding hydrogens is 161 g/mol. The number of halogens is 3. The maximum Gasteiger partial charge on any atom is 0.392 e. The van der Waals surface area contributed by atoms with Crippen molar-refractivity contribution < 1.29 is 23.1 Å². The predicted molar refractivity (Wildman–Crippen MR) is 29.9 cm³/mol. The van der Waals surface area contributed by atoms with Gasteiger partial charge in [-0.15, -0.1) is 0 Å². The van der Waals surface area contributed by atoms with Crippen molar-refractivity contribution in [3.8, 4) is 0 Å². The molecule has 0 aliphatic heterocycles. The van der Waals surface area contributed by atoms with Crippen molar-refractivity contribution in [1.82, 2.24) is 0 Å². The molecule has 1 saturated carbocycles. The Bertz CT molecular complexity index is 198. The van der Waals surface area contributed by atoms with Crippen LogP contribution in [0.4, 0.5) is 13.2 Å². The van der Waals surface area contributed by atoms with E-state index in [-0.39, 0.29) is 6.42 Å². The molecule has 11 heavy (non-hydrogen) atoms. The van der Waals surface area contributed by atoms with Gasteiger partial charge in [0, 0.05) is 0 Å². The first-order valence-electron chi connectivity index (χ1n) is 3.08. The van der Waals surface area contributed by atoms with E-state index in [0.717, 1.165) is 6.92 Å². The SMILES string of the molecule is C[C@]1(C(=O)O)C[C@H]1C(F)(F)F. The van der Waals surface area contributed by atoms with E-state index < -0.39 is 23.5 Å². The van der Waals surface area contributed by atoms with Gasteiger partial charge in [-0.05, 0) is 13.3 Å². The van der Waals surface area contributed by atoms with Gasteiger partial charge in [-0.2, -0.15) is 13.2 Å². The van der Waals surface area contributed by atoms with Crippen LogP contribution in [-0.4, -0.2) is 17.3 Å². The highest BCUT2D eigenvalue weighted by Gasteiger charge is 2.68. The largest absolute Gasteiger partial charge is 0.481 e. The van der Waals surface area contributed by atoms with Crippen LogP contribution in [0.5, 0.6) is 0 Å². The smallest absolute Gasteiger partial charge is 0.392 e. The zero-order valence-electron chi connectivity index (χ0n) is 5.77. The second kappa shape index (κ2) is 1.89. The van der Waals surface area contributed by atoms with Crippen LogP contribution >= 0.6 is 0 Å². The number of rotatable bonds is 1. The van der Waals surface area contributed by atoms with Crippen LogP contribution in [0.15, 0.2) is 0 Å². The second-order valence-corrected chi connectivity index (χ2v) is 3.02. The zero-order valence-corrected chi connectivity index (χ0v) is 5.77. The molecule has 1 rings (SSSR count). The third-order valence-electron chi connectivity index (χ3n) is 2.12. The lowest BCUT2D eigenvalue weighted by Gasteiger charge is -2.07. The minimum Gasteiger partial charge on any atom is -0.481 e. The number of carboxylic acids is 1. The van der Waals surface area contributed by atoms with Crippen molar-refractivity contribution in [2.75, 3.05) is 0 Å². The number of hydrogen-bond acceptors (Lipinski definition) is 1. The highest BCUT2D eigenvalue weighted by molar-refractivity contribution is 5.78. The van der Waals surface area contributed by atoms with Crippen LogP contribution in [-0.2, 0) is 4.79 Å². The average Bonchev–Trinajstić information content (AvgIpc) is 2.41. The first-order valence-corrected chi connectivity index (χ1v) is 3.08. The molecule has 2 nitrogen and oxygen atoms in total. The predicted octanol–water partition coefficient (Wildman–Crippen LogP) is 1.66. The van der Waals surface area contributed by atoms with Gasteiger partial charge >= 0.3 is 12.1 Å². The maximum atomic E-state index is 11.8. The monoisotopic (exact) mass is 168 g/mol. The maximum absolute atomic E-state index is 11.8. The molecular formula is C6H7F3O2. The summed E-state index contributed by atoms with van der Waals surface area (Å²) in [7, 11) is 0. The zero-order chi connectivity index (χ0) is 8.86. The molecule has 0 aromatic carbocycles. The number of carboxylic acid groups (broad SMARTS) is 1. The third-order valence-corrected chi connectivity index (χ3v) is 2.12. The fourth-order valence-corrected chi connectivity index (χ4v) is 1.08. The average molecular weight is 168 g/mol. The van der Waals surface area contributed by atoms with E-state index in [4.69, 9.17) is 5.11 Å². The van der Waals surface area contributed by atoms with Crippen LogP contribution in [0, 0.1) is 11.3 Å². The Balaban J connectivity index is 2.68. The van der Waals surface area contributed by atoms with Crippen molar-refractivity contribution in [3.05, 3.63) is 0 Å². The molecule has 1 aliphatic carbocycles. The summed E-state index contributed by atoms with van der Waals surface area (Å²) in [5.74, 6) is -3.01. The van der Waals surface area contributed by atoms with E-state index in [1.807, 2.05) is 0 Å². The Morgan fingerprint density at radius 2 is 2.09 bits per heavy atom. The lowest BCUT2D eigenvalue weighted by Crippen LogP contribution is -2.21. The van der Waals surface area contributed by atoms with E-state index in [0.29, 0.717) is 0 Å². The van der Waals surface area contributed by atoms with Crippen LogP contribution in [0.2, 0.25) is 0 Å². The standard InChI is InChI=1S/C6H7F3O2/c1-5(4(10)11)2-3(5)6(7,8)9/h3H,2H2,1H3,(H,10,11)/t3-,5+/m1/s1. The van der Waals surface area contributed by atoms with Crippen molar-refractivity contribution in [3.63, 3.8) is 0 Å². The van der Waals surface area contributed by atoms with Crippen LogP contribution < -0.4 is 0 Å². The van der Waals surface area contributed by atoms with Crippen molar-refractivity contribution in [2.45, 2.75) is 19.5 Å². The Morgan fingerprint density at radius 3 is 2.18 bits per heavy atom. The van der Waals surface area contributed by atoms with E-state index in [1.54, 1.807) is 0 Å². The summed E-state index contributed by atoms with van der Waals surface area (Å²) in [6.07, 6.45) is -4.64. The van der Waals surface area contributed by atoms with Gasteiger partial charge in [0.15, 0.2) is 0 Å². The Labute approximate surface area is 61.0 Å². The van der Waals surface area contributed by atoms with Gasteiger partial charge in [0.1, 0.15) is 0 Å². The van der Waals surface area contributed by atoms with Gasteiger partial charge in [0.25, 0.3) is 0 Å². The highest BCUT2D eigenvalue weighted by atomic mass is 19.4. The van der Waals surface area contributed by atoms with Gasteiger partial charge < -0.3 is 5.11 Å². The minimum atomic E-state index is -4.35. The molecule has 1 aliphatic rings. The molecule has 0 aromatic rings. The fourth-order valence-electron chi connectivity index (χ4n) is 1.08. The van der Waals surface area contributed by atoms with Crippen LogP contribution in [0.1, 0.15) is 13.3 Å². The minimum absolute atomic E-state index is 0.286. The van der Waals surface area contributed by atoms with Crippen molar-refractivity contribution in [2.24, 2.45) is 11.3 Å². The molecule has 0 bridgehead atoms. The Kier molecular flexibility index (Phi) is 1.44. The van der Waals surface area contributed by atoms with E-state index in [1.165, 1.54) is 0 Å². The molecule has 1 fully saturated rings. The highest BCUT2D eigenvalue weighted by Crippen LogP contribution is 2.60. The van der Waals surface area contributed by atoms with E-state index >= 15 is 0 Å². The van der Waals surface area contributed by atoms with Crippen molar-refractivity contribution in [1.29, 1.82) is 0 Å². The first kappa shape index (κ1) is 8.36. The van der Waals surface area contributed by atoms with Crippen LogP contribution in [0.3, 0.4) is 0 Å². The molecule has 64 valence electrons. The topological polar surface area (TPSA) is 37.3 Å². The lowest BCUT2D eigenvalue weighted by atomic mass is 10.1. The molecule has 2 atom stereocenters. The summed E-state index contributed by atoms with van der Waals surface area (Å²) in [4.78, 5) is 10.2. The van der Waals surface area contributed by atoms with Gasteiger partial charge in [-0.1, -0.05) is 0 Å². The molecule has 1 N–H and O–H groups in total. The van der Waals surface area contributed by atoms with Crippen LogP contribution in [0.25, 0.3) is 0 Å². The van der Waals surface area contributed by atoms with Gasteiger partial charge in [-0.25, -0.2) is 0 Å². The molecule has 0 unspecified atom stereocenters. The van der Waals surface area contributed by atoms with E-state index in [9.17, 15) is 18.0 Å². The van der Waals surface area contributed by atoms with Crippen molar-refractivity contribution >= 4 is 5.97 Å². The molecule has 5 heteroatoms.